The molecule has 0 radical (unpaired) electrons. The third kappa shape index (κ3) is 4.97. The predicted molar refractivity (Wildman–Crippen MR) is 117 cm³/mol. The second-order valence-electron chi connectivity index (χ2n) is 6.24. The zero-order chi connectivity index (χ0) is 22.4. The third-order valence-corrected chi connectivity index (χ3v) is 5.28. The molecule has 164 valence electrons. The second-order valence-corrected chi connectivity index (χ2v) is 7.22. The lowest BCUT2D eigenvalue weighted by Gasteiger charge is -2.13. The van der Waals surface area contributed by atoms with Gasteiger partial charge in [-0.2, -0.15) is 0 Å². The predicted octanol–water partition coefficient (Wildman–Crippen LogP) is 3.43. The summed E-state index contributed by atoms with van der Waals surface area (Å²) < 4.78 is 26.6. The Morgan fingerprint density at radius 3 is 2.06 bits per heavy atom. The number of ether oxygens (including phenoxy) is 5. The van der Waals surface area contributed by atoms with E-state index < -0.39 is 0 Å². The maximum atomic E-state index is 12.5. The highest BCUT2D eigenvalue weighted by Crippen LogP contribution is 2.42. The van der Waals surface area contributed by atoms with Crippen molar-refractivity contribution >= 4 is 22.4 Å². The molecule has 0 saturated heterocycles. The fraction of sp³-hybridized carbons (Fsp3) is 0.286. The van der Waals surface area contributed by atoms with Crippen LogP contribution in [0.4, 0.5) is 5.13 Å². The molecule has 3 rings (SSSR count). The average Bonchev–Trinajstić information content (AvgIpc) is 3.25. The number of rotatable bonds is 9. The number of benzene rings is 2. The summed E-state index contributed by atoms with van der Waals surface area (Å²) in [5.74, 6) is 2.44. The molecule has 1 heterocycles. The van der Waals surface area contributed by atoms with Gasteiger partial charge in [-0.15, -0.1) is 10.2 Å². The smallest absolute Gasteiger partial charge is 0.230 e. The van der Waals surface area contributed by atoms with Crippen LogP contribution in [0.25, 0.3) is 10.6 Å². The lowest BCUT2D eigenvalue weighted by atomic mass is 10.1. The maximum Gasteiger partial charge on any atom is 0.230 e. The van der Waals surface area contributed by atoms with Gasteiger partial charge in [0.2, 0.25) is 16.8 Å². The van der Waals surface area contributed by atoms with Crippen LogP contribution in [0.1, 0.15) is 5.56 Å². The third-order valence-electron chi connectivity index (χ3n) is 4.40. The second kappa shape index (κ2) is 9.98. The topological polar surface area (TPSA) is 101 Å². The van der Waals surface area contributed by atoms with Crippen LogP contribution in [0.2, 0.25) is 0 Å². The molecule has 3 aromatic rings. The molecule has 1 amide bonds. The summed E-state index contributed by atoms with van der Waals surface area (Å²) in [6, 6.07) is 8.88. The number of hydrogen-bond acceptors (Lipinski definition) is 9. The van der Waals surface area contributed by atoms with E-state index in [2.05, 4.69) is 15.5 Å². The molecule has 0 aliphatic heterocycles. The molecule has 9 nitrogen and oxygen atoms in total. The molecule has 0 saturated carbocycles. The van der Waals surface area contributed by atoms with Crippen LogP contribution in [0, 0.1) is 0 Å². The monoisotopic (exact) mass is 445 g/mol. The number of nitrogens with zero attached hydrogens (tertiary/aromatic N) is 2. The first kappa shape index (κ1) is 22.2. The maximum absolute atomic E-state index is 12.5. The SMILES string of the molecule is COc1ccc(CC(=O)Nc2nnc(-c3cc(OC)c(OC)c(OC)c3)s2)cc1OC. The largest absolute Gasteiger partial charge is 0.493 e. The van der Waals surface area contributed by atoms with Crippen LogP contribution in [0.15, 0.2) is 30.3 Å². The standard InChI is InChI=1S/C21H23N3O6S/c1-26-14-7-6-12(8-15(14)27-2)9-18(25)22-21-24-23-20(31-21)13-10-16(28-3)19(30-5)17(11-13)29-4/h6-8,10-11H,9H2,1-5H3,(H,22,24,25). The molecule has 1 N–H and O–H groups in total. The Labute approximate surface area is 183 Å². The quantitative estimate of drug-likeness (QED) is 0.535. The first-order valence-corrected chi connectivity index (χ1v) is 9.99. The van der Waals surface area contributed by atoms with E-state index in [1.165, 1.54) is 18.4 Å². The van der Waals surface area contributed by atoms with E-state index >= 15 is 0 Å². The van der Waals surface area contributed by atoms with Gasteiger partial charge in [0.25, 0.3) is 0 Å². The molecule has 0 atom stereocenters. The van der Waals surface area contributed by atoms with Gasteiger partial charge in [0.05, 0.1) is 42.0 Å². The minimum absolute atomic E-state index is 0.152. The number of carbonyl (C=O) groups excluding carboxylic acids is 1. The molecule has 31 heavy (non-hydrogen) atoms. The number of amides is 1. The van der Waals surface area contributed by atoms with Crippen molar-refractivity contribution in [2.45, 2.75) is 6.42 Å². The lowest BCUT2D eigenvalue weighted by Crippen LogP contribution is -2.14. The molecule has 0 spiro atoms. The number of nitrogens with one attached hydrogen (secondary N) is 1. The van der Waals surface area contributed by atoms with E-state index in [1.807, 2.05) is 6.07 Å². The first-order valence-electron chi connectivity index (χ1n) is 9.17. The number of aromatic nitrogens is 2. The molecule has 0 fully saturated rings. The average molecular weight is 445 g/mol. The summed E-state index contributed by atoms with van der Waals surface area (Å²) in [5, 5.41) is 12.0. The highest BCUT2D eigenvalue weighted by molar-refractivity contribution is 7.18. The van der Waals surface area contributed by atoms with Gasteiger partial charge in [-0.3, -0.25) is 4.79 Å². The van der Waals surface area contributed by atoms with Gasteiger partial charge in [-0.25, -0.2) is 0 Å². The van der Waals surface area contributed by atoms with Crippen LogP contribution in [-0.2, 0) is 11.2 Å². The van der Waals surface area contributed by atoms with Crippen LogP contribution in [0.5, 0.6) is 28.7 Å². The van der Waals surface area contributed by atoms with Crippen LogP contribution in [-0.4, -0.2) is 51.7 Å². The van der Waals surface area contributed by atoms with Gasteiger partial charge < -0.3 is 29.0 Å². The zero-order valence-corrected chi connectivity index (χ0v) is 18.7. The van der Waals surface area contributed by atoms with Gasteiger partial charge >= 0.3 is 0 Å². The summed E-state index contributed by atoms with van der Waals surface area (Å²) in [4.78, 5) is 12.5. The summed E-state index contributed by atoms with van der Waals surface area (Å²) >= 11 is 1.24. The molecular formula is C21H23N3O6S. The zero-order valence-electron chi connectivity index (χ0n) is 17.8. The van der Waals surface area contributed by atoms with E-state index in [1.54, 1.807) is 52.7 Å². The fourth-order valence-corrected chi connectivity index (χ4v) is 3.68. The Kier molecular flexibility index (Phi) is 7.14. The molecule has 2 aromatic carbocycles. The molecule has 0 aliphatic rings. The van der Waals surface area contributed by atoms with Gasteiger partial charge in [0, 0.05) is 5.56 Å². The van der Waals surface area contributed by atoms with E-state index in [-0.39, 0.29) is 12.3 Å². The van der Waals surface area contributed by atoms with Gasteiger partial charge in [0.15, 0.2) is 23.0 Å². The van der Waals surface area contributed by atoms with Crippen molar-refractivity contribution in [2.75, 3.05) is 40.9 Å². The molecule has 10 heteroatoms. The molecule has 0 bridgehead atoms. The van der Waals surface area contributed by atoms with Crippen molar-refractivity contribution in [3.05, 3.63) is 35.9 Å². The van der Waals surface area contributed by atoms with Gasteiger partial charge in [-0.05, 0) is 29.8 Å². The highest BCUT2D eigenvalue weighted by Gasteiger charge is 2.17. The van der Waals surface area contributed by atoms with E-state index in [4.69, 9.17) is 23.7 Å². The van der Waals surface area contributed by atoms with Crippen molar-refractivity contribution in [3.8, 4) is 39.3 Å². The number of anilines is 1. The Morgan fingerprint density at radius 2 is 1.48 bits per heavy atom. The van der Waals surface area contributed by atoms with E-state index in [0.717, 1.165) is 11.1 Å². The molecular weight excluding hydrogens is 422 g/mol. The highest BCUT2D eigenvalue weighted by atomic mass is 32.1. The minimum atomic E-state index is -0.222. The van der Waals surface area contributed by atoms with Crippen molar-refractivity contribution in [1.82, 2.24) is 10.2 Å². The summed E-state index contributed by atoms with van der Waals surface area (Å²) in [5.41, 5.74) is 1.51. The van der Waals surface area contributed by atoms with Crippen molar-refractivity contribution in [1.29, 1.82) is 0 Å². The Balaban J connectivity index is 1.75. The van der Waals surface area contributed by atoms with Crippen LogP contribution in [0.3, 0.4) is 0 Å². The van der Waals surface area contributed by atoms with E-state index in [0.29, 0.717) is 38.9 Å². The van der Waals surface area contributed by atoms with Gasteiger partial charge in [0.1, 0.15) is 5.01 Å². The molecule has 1 aromatic heterocycles. The van der Waals surface area contributed by atoms with Crippen molar-refractivity contribution in [3.63, 3.8) is 0 Å². The van der Waals surface area contributed by atoms with Crippen molar-refractivity contribution < 1.29 is 28.5 Å². The molecule has 0 unspecified atom stereocenters. The minimum Gasteiger partial charge on any atom is -0.493 e. The fourth-order valence-electron chi connectivity index (χ4n) is 2.93. The molecule has 0 aliphatic carbocycles. The summed E-state index contributed by atoms with van der Waals surface area (Å²) in [6.07, 6.45) is 0.152. The lowest BCUT2D eigenvalue weighted by molar-refractivity contribution is -0.115. The number of methoxy groups -OCH3 is 5. The summed E-state index contributed by atoms with van der Waals surface area (Å²) in [6.45, 7) is 0. The van der Waals surface area contributed by atoms with Crippen LogP contribution < -0.4 is 29.0 Å². The Bertz CT molecular complexity index is 1040. The number of carbonyl (C=O) groups is 1. The van der Waals surface area contributed by atoms with Crippen molar-refractivity contribution in [2.24, 2.45) is 0 Å². The Hall–Kier alpha value is -3.53. The Morgan fingerprint density at radius 1 is 0.839 bits per heavy atom. The normalized spacial score (nSPS) is 10.4. The van der Waals surface area contributed by atoms with E-state index in [9.17, 15) is 4.79 Å². The summed E-state index contributed by atoms with van der Waals surface area (Å²) in [7, 11) is 7.73. The first-order chi connectivity index (χ1) is 15.0. The number of hydrogen-bond donors (Lipinski definition) is 1. The van der Waals surface area contributed by atoms with Crippen LogP contribution >= 0.6 is 11.3 Å². The van der Waals surface area contributed by atoms with Gasteiger partial charge in [-0.1, -0.05) is 17.4 Å².